The van der Waals surface area contributed by atoms with Crippen molar-refractivity contribution in [2.45, 2.75) is 13.2 Å². The molecule has 0 bridgehead atoms. The largest absolute Gasteiger partial charge is 0.485 e. The Hall–Kier alpha value is -2.73. The molecule has 1 heterocycles. The van der Waals surface area contributed by atoms with Crippen LogP contribution in [0.2, 0.25) is 0 Å². The first-order chi connectivity index (χ1) is 11.2. The number of fused-ring (bicyclic) bond motifs is 1. The number of carbonyl (C=O) groups excluding carboxylic acids is 1. The molecule has 2 aromatic rings. The van der Waals surface area contributed by atoms with Gasteiger partial charge in [0.25, 0.3) is 0 Å². The Bertz CT molecular complexity index is 703. The van der Waals surface area contributed by atoms with E-state index in [0.717, 1.165) is 11.1 Å². The number of hydrogen-bond acceptors (Lipinski definition) is 5. The lowest BCUT2D eigenvalue weighted by molar-refractivity contribution is -0.117. The number of nitrogens with two attached hydrogens (primary N) is 1. The van der Waals surface area contributed by atoms with Gasteiger partial charge >= 0.3 is 0 Å². The third-order valence-corrected chi connectivity index (χ3v) is 3.37. The average molecular weight is 314 g/mol. The highest BCUT2D eigenvalue weighted by Crippen LogP contribution is 2.40. The van der Waals surface area contributed by atoms with Gasteiger partial charge in [-0.15, -0.1) is 0 Å². The summed E-state index contributed by atoms with van der Waals surface area (Å²) in [6.45, 7) is 1.38. The van der Waals surface area contributed by atoms with Crippen molar-refractivity contribution in [2.24, 2.45) is 5.73 Å². The van der Waals surface area contributed by atoms with Crippen LogP contribution in [0.25, 0.3) is 0 Å². The number of primary amides is 1. The van der Waals surface area contributed by atoms with E-state index in [-0.39, 0.29) is 19.2 Å². The van der Waals surface area contributed by atoms with Gasteiger partial charge in [-0.25, -0.2) is 0 Å². The lowest BCUT2D eigenvalue weighted by atomic mass is 10.1. The highest BCUT2D eigenvalue weighted by molar-refractivity contribution is 5.75. The van der Waals surface area contributed by atoms with Crippen molar-refractivity contribution in [1.82, 2.24) is 5.32 Å². The first-order valence-electron chi connectivity index (χ1n) is 7.30. The molecule has 2 aromatic carbocycles. The van der Waals surface area contributed by atoms with Crippen molar-refractivity contribution in [3.63, 3.8) is 0 Å². The van der Waals surface area contributed by atoms with Crippen molar-refractivity contribution in [2.75, 3.05) is 13.3 Å². The number of para-hydroxylation sites is 1. The maximum atomic E-state index is 10.7. The molecule has 0 saturated carbocycles. The molecule has 120 valence electrons. The second-order valence-corrected chi connectivity index (χ2v) is 5.17. The van der Waals surface area contributed by atoms with Crippen LogP contribution >= 0.6 is 0 Å². The average Bonchev–Trinajstić information content (AvgIpc) is 3.02. The van der Waals surface area contributed by atoms with Gasteiger partial charge in [-0.1, -0.05) is 30.3 Å². The van der Waals surface area contributed by atoms with Crippen molar-refractivity contribution >= 4 is 5.91 Å². The summed E-state index contributed by atoms with van der Waals surface area (Å²) >= 11 is 0. The number of amides is 1. The fraction of sp³-hybridized carbons (Fsp3) is 0.235. The molecular weight excluding hydrogens is 296 g/mol. The number of benzene rings is 2. The molecular formula is C17H18N2O4. The van der Waals surface area contributed by atoms with E-state index in [0.29, 0.717) is 30.4 Å². The van der Waals surface area contributed by atoms with E-state index in [1.807, 2.05) is 42.5 Å². The Labute approximate surface area is 134 Å². The molecule has 0 aliphatic carbocycles. The van der Waals surface area contributed by atoms with Gasteiger partial charge in [-0.05, 0) is 23.3 Å². The SMILES string of the molecule is NC(=O)CNCc1cccc(COc2cccc3c2OCO3)c1. The van der Waals surface area contributed by atoms with E-state index in [9.17, 15) is 4.79 Å². The summed E-state index contributed by atoms with van der Waals surface area (Å²) in [7, 11) is 0. The summed E-state index contributed by atoms with van der Waals surface area (Å²) in [6.07, 6.45) is 0. The van der Waals surface area contributed by atoms with Crippen LogP contribution in [0, 0.1) is 0 Å². The number of rotatable bonds is 7. The minimum absolute atomic E-state index is 0.161. The number of hydrogen-bond donors (Lipinski definition) is 2. The van der Waals surface area contributed by atoms with Crippen LogP contribution in [0.15, 0.2) is 42.5 Å². The van der Waals surface area contributed by atoms with Crippen molar-refractivity contribution < 1.29 is 19.0 Å². The van der Waals surface area contributed by atoms with Crippen LogP contribution in [0.1, 0.15) is 11.1 Å². The Kier molecular flexibility index (Phi) is 4.63. The Balaban J connectivity index is 1.60. The fourth-order valence-corrected chi connectivity index (χ4v) is 2.34. The predicted molar refractivity (Wildman–Crippen MR) is 84.2 cm³/mol. The predicted octanol–water partition coefficient (Wildman–Crippen LogP) is 1.57. The quantitative estimate of drug-likeness (QED) is 0.810. The number of ether oxygens (including phenoxy) is 3. The van der Waals surface area contributed by atoms with Crippen LogP contribution in [0.5, 0.6) is 17.2 Å². The maximum absolute atomic E-state index is 10.7. The Morgan fingerprint density at radius 1 is 1.17 bits per heavy atom. The lowest BCUT2D eigenvalue weighted by Crippen LogP contribution is -2.28. The summed E-state index contributed by atoms with van der Waals surface area (Å²) in [5.41, 5.74) is 7.19. The third-order valence-electron chi connectivity index (χ3n) is 3.37. The molecule has 0 aromatic heterocycles. The van der Waals surface area contributed by atoms with E-state index < -0.39 is 0 Å². The summed E-state index contributed by atoms with van der Waals surface area (Å²) in [6, 6.07) is 13.5. The highest BCUT2D eigenvalue weighted by atomic mass is 16.7. The Morgan fingerprint density at radius 2 is 2.00 bits per heavy atom. The van der Waals surface area contributed by atoms with Gasteiger partial charge in [0.05, 0.1) is 6.54 Å². The van der Waals surface area contributed by atoms with Crippen LogP contribution < -0.4 is 25.3 Å². The van der Waals surface area contributed by atoms with E-state index in [1.54, 1.807) is 0 Å². The van der Waals surface area contributed by atoms with E-state index in [1.165, 1.54) is 0 Å². The molecule has 1 amide bonds. The van der Waals surface area contributed by atoms with Gasteiger partial charge in [0.2, 0.25) is 18.4 Å². The third kappa shape index (κ3) is 3.92. The second-order valence-electron chi connectivity index (χ2n) is 5.17. The minimum atomic E-state index is -0.371. The summed E-state index contributed by atoms with van der Waals surface area (Å²) < 4.78 is 16.6. The molecule has 6 nitrogen and oxygen atoms in total. The van der Waals surface area contributed by atoms with Gasteiger partial charge in [0.1, 0.15) is 6.61 Å². The Morgan fingerprint density at radius 3 is 2.87 bits per heavy atom. The standard InChI is InChI=1S/C17H18N2O4/c18-16(20)9-19-8-12-3-1-4-13(7-12)10-21-14-5-2-6-15-17(14)23-11-22-15/h1-7,19H,8-11H2,(H2,18,20). The number of nitrogens with one attached hydrogen (secondary N) is 1. The zero-order chi connectivity index (χ0) is 16.1. The molecule has 0 spiro atoms. The lowest BCUT2D eigenvalue weighted by Gasteiger charge is -2.10. The van der Waals surface area contributed by atoms with Gasteiger partial charge in [-0.2, -0.15) is 0 Å². The molecule has 1 aliphatic rings. The van der Waals surface area contributed by atoms with Crippen molar-refractivity contribution in [3.05, 3.63) is 53.6 Å². The smallest absolute Gasteiger partial charge is 0.231 e. The van der Waals surface area contributed by atoms with Crippen molar-refractivity contribution in [1.29, 1.82) is 0 Å². The topological polar surface area (TPSA) is 82.8 Å². The molecule has 1 aliphatic heterocycles. The molecule has 6 heteroatoms. The molecule has 0 unspecified atom stereocenters. The molecule has 23 heavy (non-hydrogen) atoms. The van der Waals surface area contributed by atoms with Gasteiger partial charge < -0.3 is 25.3 Å². The zero-order valence-electron chi connectivity index (χ0n) is 12.6. The monoisotopic (exact) mass is 314 g/mol. The van der Waals surface area contributed by atoms with Crippen LogP contribution in [-0.4, -0.2) is 19.2 Å². The first-order valence-corrected chi connectivity index (χ1v) is 7.30. The molecule has 3 N–H and O–H groups in total. The summed E-state index contributed by atoms with van der Waals surface area (Å²) in [5.74, 6) is 1.64. The van der Waals surface area contributed by atoms with Gasteiger partial charge in [0, 0.05) is 6.54 Å². The molecule has 0 saturated heterocycles. The van der Waals surface area contributed by atoms with Crippen molar-refractivity contribution in [3.8, 4) is 17.2 Å². The van der Waals surface area contributed by atoms with E-state index in [4.69, 9.17) is 19.9 Å². The zero-order valence-corrected chi connectivity index (χ0v) is 12.6. The number of carbonyl (C=O) groups is 1. The minimum Gasteiger partial charge on any atom is -0.485 e. The van der Waals surface area contributed by atoms with E-state index in [2.05, 4.69) is 5.32 Å². The molecule has 0 radical (unpaired) electrons. The summed E-state index contributed by atoms with van der Waals surface area (Å²) in [4.78, 5) is 10.7. The molecule has 0 atom stereocenters. The highest BCUT2D eigenvalue weighted by Gasteiger charge is 2.18. The van der Waals surface area contributed by atoms with Gasteiger partial charge in [0.15, 0.2) is 11.5 Å². The molecule has 0 fully saturated rings. The first kappa shape index (κ1) is 15.2. The van der Waals surface area contributed by atoms with Crippen LogP contribution in [0.3, 0.4) is 0 Å². The normalized spacial score (nSPS) is 12.2. The van der Waals surface area contributed by atoms with E-state index >= 15 is 0 Å². The maximum Gasteiger partial charge on any atom is 0.231 e. The van der Waals surface area contributed by atoms with Crippen LogP contribution in [-0.2, 0) is 17.9 Å². The van der Waals surface area contributed by atoms with Gasteiger partial charge in [-0.3, -0.25) is 4.79 Å². The van der Waals surface area contributed by atoms with Crippen LogP contribution in [0.4, 0.5) is 0 Å². The fourth-order valence-electron chi connectivity index (χ4n) is 2.34. The summed E-state index contributed by atoms with van der Waals surface area (Å²) in [5, 5.41) is 2.98. The molecule has 3 rings (SSSR count). The second kappa shape index (κ2) is 7.02.